The van der Waals surface area contributed by atoms with E-state index < -0.39 is 11.9 Å². The fraction of sp³-hybridized carbons (Fsp3) is 0.356. The van der Waals surface area contributed by atoms with Crippen molar-refractivity contribution in [2.24, 2.45) is 0 Å². The number of aryl methyl sites for hydroxylation is 4. The number of carboxylic acid groups (broad SMARTS) is 1. The smallest absolute Gasteiger partial charge is 0.325 e. The highest BCUT2D eigenvalue weighted by atomic mass is 127. The summed E-state index contributed by atoms with van der Waals surface area (Å²) in [5.41, 5.74) is 9.99. The number of aliphatic carboxylic acids is 1. The molecule has 12 aromatic rings. The van der Waals surface area contributed by atoms with Gasteiger partial charge in [-0.25, -0.2) is 0 Å². The Bertz CT molecular complexity index is 5980. The van der Waals surface area contributed by atoms with E-state index in [1.807, 2.05) is 163 Å². The third-order valence-electron chi connectivity index (χ3n) is 17.7. The molecule has 0 amide bonds. The maximum absolute atomic E-state index is 13.6. The molecule has 0 fully saturated rings. The largest absolute Gasteiger partial charge is 0.507 e. The van der Waals surface area contributed by atoms with E-state index in [1.54, 1.807) is 106 Å². The van der Waals surface area contributed by atoms with Gasteiger partial charge in [-0.3, -0.25) is 38.4 Å². The Labute approximate surface area is 708 Å². The molecule has 4 N–H and O–H groups in total. The molecule has 0 aliphatic carbocycles. The summed E-state index contributed by atoms with van der Waals surface area (Å²) in [5, 5.41) is 34.8. The number of aromatic amines is 1. The molecule has 0 aliphatic rings. The third kappa shape index (κ3) is 21.0. The second-order valence-corrected chi connectivity index (χ2v) is 30.3. The van der Waals surface area contributed by atoms with Crippen LogP contribution < -0.4 is 50.8 Å². The molecule has 24 nitrogen and oxygen atoms in total. The zero-order chi connectivity index (χ0) is 83.8. The van der Waals surface area contributed by atoms with Gasteiger partial charge in [-0.15, -0.1) is 0 Å². The molecule has 8 aromatic carbocycles. The minimum atomic E-state index is -1.06. The van der Waals surface area contributed by atoms with Crippen LogP contribution >= 0.6 is 69.0 Å². The Morgan fingerprint density at radius 3 is 1.07 bits per heavy atom. The number of anilines is 4. The van der Waals surface area contributed by atoms with Crippen LogP contribution in [0.1, 0.15) is 93.0 Å². The molecule has 0 spiro atoms. The lowest BCUT2D eigenvalue weighted by Crippen LogP contribution is -2.22. The fourth-order valence-electron chi connectivity index (χ4n) is 13.3. The van der Waals surface area contributed by atoms with E-state index in [4.69, 9.17) is 65.4 Å². The monoisotopic (exact) mass is 1780 g/mol. The zero-order valence-electron chi connectivity index (χ0n) is 66.5. The first-order valence-electron chi connectivity index (χ1n) is 36.1. The SMILES string of the molecule is C.C.C.CCOC(=O)CI.CCOC(=O)Cn1c2cc(C)ccc2c(=O)c2c(O)cc(Cl)c(N(C)C)c21.CCOC(=O)Cn1c2cc(C)ccc2c(=O)c2c(OC(C)C)cc(Cl)c(N(C)C)c21.Cc1ccc2c(=O)c3c(O)cc(Cl)c(N(C)C)c3n(CC(=O)O)c2c1.Cc1ccc2c(=O)c3c(OC(C)C)cc(Cl)c(N(C)C)c3[nH]c2c1. The van der Waals surface area contributed by atoms with Crippen LogP contribution in [0, 0.1) is 27.7 Å². The van der Waals surface area contributed by atoms with Crippen LogP contribution in [0.5, 0.6) is 23.0 Å². The van der Waals surface area contributed by atoms with Crippen LogP contribution in [0.3, 0.4) is 0 Å². The first kappa shape index (κ1) is 96.4. The average molecular weight is 1790 g/mol. The number of ether oxygens (including phenoxy) is 5. The molecule has 0 unspecified atom stereocenters. The number of pyridine rings is 4. The predicted octanol–water partition coefficient (Wildman–Crippen LogP) is 18.3. The number of phenols is 2. The fourth-order valence-corrected chi connectivity index (χ4v) is 15.0. The van der Waals surface area contributed by atoms with Gasteiger partial charge in [0, 0.05) is 102 Å². The Morgan fingerprint density at radius 1 is 0.431 bits per heavy atom. The maximum Gasteiger partial charge on any atom is 0.325 e. The molecule has 0 aliphatic heterocycles. The topological polar surface area (TPSA) is 287 Å². The quantitative estimate of drug-likeness (QED) is 0.0204. The molecule has 0 bridgehead atoms. The molecular formula is C87H105Cl4IN8O16. The molecule has 29 heteroatoms. The standard InChI is InChI=1S/C23H27ClN2O4.C20H21ClN2O4.C19H21ClN2O2.C18H17ClN2O4.C4H7IO2.3CH4/c1-7-29-19(27)12-26-17-10-14(4)8-9-15(17)23(28)20-18(30-13(2)3)11-16(24)21(22(20)26)25(5)6;1-5-27-16(25)10-23-14-8-11(2)6-7-12(14)20(26)17-15(24)9-13(21)18(19(17)23)22(3)4;1-10(2)24-15-9-13(20)18(22(4)5)17-16(15)19(23)12-7-6-11(3)8-14(12)21-17;1-9-4-5-10-12(6-9)21(8-14(23)24)17-15(18(10)25)13(22)7-11(19)16(17)20(2)3;1-2-7-4(6)3-5;;;/h8-11,13H,7,12H2,1-6H3;6-9,24H,5,10H2,1-4H3;6-10H,1-5H3,(H,21,23);4-7,22H,8H2,1-3H3,(H,23,24);2-3H2,1H3;3*1H4. The van der Waals surface area contributed by atoms with Gasteiger partial charge >= 0.3 is 23.9 Å². The van der Waals surface area contributed by atoms with Gasteiger partial charge in [0.1, 0.15) is 42.6 Å². The molecule has 0 atom stereocenters. The number of carbonyl (C=O) groups is 4. The predicted molar refractivity (Wildman–Crippen MR) is 487 cm³/mol. The van der Waals surface area contributed by atoms with E-state index in [0.717, 1.165) is 33.5 Å². The summed E-state index contributed by atoms with van der Waals surface area (Å²) in [7, 11) is 14.6. The number of nitrogens with zero attached hydrogens (tertiary/aromatic N) is 7. The third-order valence-corrected chi connectivity index (χ3v) is 19.5. The van der Waals surface area contributed by atoms with E-state index in [-0.39, 0.29) is 133 Å². The minimum absolute atomic E-state index is 0. The summed E-state index contributed by atoms with van der Waals surface area (Å²) in [6.07, 6.45) is -0.205. The van der Waals surface area contributed by atoms with E-state index in [0.29, 0.717) is 121 Å². The van der Waals surface area contributed by atoms with Crippen molar-refractivity contribution in [1.82, 2.24) is 18.7 Å². The van der Waals surface area contributed by atoms with Crippen LogP contribution in [0.15, 0.2) is 116 Å². The van der Waals surface area contributed by atoms with Gasteiger partial charge in [0.2, 0.25) is 21.7 Å². The van der Waals surface area contributed by atoms with E-state index in [2.05, 4.69) is 9.72 Å². The summed E-state index contributed by atoms with van der Waals surface area (Å²) >= 11 is 27.7. The molecule has 116 heavy (non-hydrogen) atoms. The minimum Gasteiger partial charge on any atom is -0.507 e. The number of aromatic nitrogens is 4. The molecule has 624 valence electrons. The number of aromatic hydroxyl groups is 2. The number of nitrogens with one attached hydrogen (secondary N) is 1. The van der Waals surface area contributed by atoms with Crippen LogP contribution in [-0.4, -0.2) is 151 Å². The van der Waals surface area contributed by atoms with Gasteiger partial charge in [0.05, 0.1) is 145 Å². The van der Waals surface area contributed by atoms with Gasteiger partial charge in [-0.05, 0) is 147 Å². The van der Waals surface area contributed by atoms with Crippen molar-refractivity contribution >= 4 is 203 Å². The van der Waals surface area contributed by atoms with Crippen LogP contribution in [-0.2, 0) is 53.0 Å². The number of phenolic OH excluding ortho intramolecular Hbond substituents is 2. The normalized spacial score (nSPS) is 10.8. The molecule has 0 radical (unpaired) electrons. The van der Waals surface area contributed by atoms with Crippen molar-refractivity contribution in [3.05, 3.63) is 180 Å². The Balaban J connectivity index is 0.000000266. The van der Waals surface area contributed by atoms with Gasteiger partial charge in [-0.1, -0.05) is 116 Å². The summed E-state index contributed by atoms with van der Waals surface area (Å²) < 4.78 is 32.2. The van der Waals surface area contributed by atoms with Crippen LogP contribution in [0.25, 0.3) is 87.2 Å². The maximum atomic E-state index is 13.6. The zero-order valence-corrected chi connectivity index (χ0v) is 71.7. The van der Waals surface area contributed by atoms with Crippen molar-refractivity contribution in [2.45, 2.75) is 130 Å². The lowest BCUT2D eigenvalue weighted by Gasteiger charge is -2.24. The number of fused-ring (bicyclic) bond motifs is 8. The van der Waals surface area contributed by atoms with Crippen molar-refractivity contribution in [3.8, 4) is 23.0 Å². The van der Waals surface area contributed by atoms with Gasteiger partial charge in [0.25, 0.3) is 0 Å². The van der Waals surface area contributed by atoms with Crippen molar-refractivity contribution in [3.63, 3.8) is 0 Å². The molecular weight excluding hydrogens is 1680 g/mol. The number of benzene rings is 8. The first-order valence-corrected chi connectivity index (χ1v) is 39.1. The number of rotatable bonds is 18. The van der Waals surface area contributed by atoms with E-state index >= 15 is 0 Å². The molecule has 12 rings (SSSR count). The highest BCUT2D eigenvalue weighted by Crippen LogP contribution is 2.44. The highest BCUT2D eigenvalue weighted by Gasteiger charge is 2.28. The number of hydrogen-bond donors (Lipinski definition) is 4. The lowest BCUT2D eigenvalue weighted by molar-refractivity contribution is -0.144. The van der Waals surface area contributed by atoms with Crippen molar-refractivity contribution in [2.75, 3.05) is 100 Å². The Morgan fingerprint density at radius 2 is 0.733 bits per heavy atom. The number of carboxylic acids is 1. The van der Waals surface area contributed by atoms with Gasteiger partial charge in [0.15, 0.2) is 0 Å². The highest BCUT2D eigenvalue weighted by molar-refractivity contribution is 14.1. The van der Waals surface area contributed by atoms with Gasteiger partial charge in [-0.2, -0.15) is 0 Å². The van der Waals surface area contributed by atoms with Crippen molar-refractivity contribution < 1.29 is 58.2 Å². The summed E-state index contributed by atoms with van der Waals surface area (Å²) in [6.45, 7) is 21.1. The number of H-pyrrole nitrogens is 1. The van der Waals surface area contributed by atoms with E-state index in [1.165, 1.54) is 16.7 Å². The van der Waals surface area contributed by atoms with Crippen LogP contribution in [0.4, 0.5) is 22.7 Å². The number of esters is 3. The van der Waals surface area contributed by atoms with Crippen LogP contribution in [0.2, 0.25) is 20.1 Å². The summed E-state index contributed by atoms with van der Waals surface area (Å²) in [6, 6.07) is 28.0. The first-order chi connectivity index (χ1) is 53.2. The number of alkyl halides is 1. The van der Waals surface area contributed by atoms with Gasteiger partial charge < -0.3 is 77.3 Å². The molecule has 4 heterocycles. The van der Waals surface area contributed by atoms with Crippen molar-refractivity contribution in [1.29, 1.82) is 0 Å². The van der Waals surface area contributed by atoms with E-state index in [9.17, 15) is 53.7 Å². The lowest BCUT2D eigenvalue weighted by atomic mass is 10.0. The molecule has 0 saturated carbocycles. The number of halogens is 5. The molecule has 0 saturated heterocycles. The Kier molecular flexibility index (Phi) is 34.1. The second kappa shape index (κ2) is 41.1. The second-order valence-electron chi connectivity index (χ2n) is 27.9. The average Bonchev–Trinajstić information content (AvgIpc) is 0.742. The summed E-state index contributed by atoms with van der Waals surface area (Å²) in [4.78, 5) is 110. The summed E-state index contributed by atoms with van der Waals surface area (Å²) in [5.74, 6) is -1.58. The Hall–Kier alpha value is -10.2. The number of hydrogen-bond acceptors (Lipinski definition) is 19. The molecule has 4 aromatic heterocycles. The number of carbonyl (C=O) groups excluding carboxylic acids is 3.